The fourth-order valence-electron chi connectivity index (χ4n) is 3.30. The van der Waals surface area contributed by atoms with Crippen LogP contribution in [-0.4, -0.2) is 13.9 Å². The van der Waals surface area contributed by atoms with Crippen LogP contribution in [0.4, 0.5) is 13.2 Å². The quantitative estimate of drug-likeness (QED) is 0.193. The topological polar surface area (TPSA) is 43.4 Å². The second kappa shape index (κ2) is 11.0. The molecule has 0 heterocycles. The Hall–Kier alpha value is -2.64. The van der Waals surface area contributed by atoms with Crippen molar-refractivity contribution >= 4 is 20.9 Å². The van der Waals surface area contributed by atoms with E-state index in [1.54, 1.807) is 19.1 Å². The molecule has 2 aromatic rings. The molecule has 0 radical (unpaired) electrons. The van der Waals surface area contributed by atoms with Crippen LogP contribution >= 0.6 is 0 Å². The highest BCUT2D eigenvalue weighted by molar-refractivity contribution is 7.88. The van der Waals surface area contributed by atoms with Gasteiger partial charge in [-0.15, -0.1) is 0 Å². The molecule has 0 fully saturated rings. The SMILES string of the molecule is CCCCC#Cc1cc2c(C)c(OS(=O)(=O)C(F)(F)F)c(C#CCCCC)cc2c(C)c1C. The minimum atomic E-state index is -5.84. The van der Waals surface area contributed by atoms with Gasteiger partial charge in [0.25, 0.3) is 0 Å². The van der Waals surface area contributed by atoms with Gasteiger partial charge in [-0.1, -0.05) is 50.4 Å². The van der Waals surface area contributed by atoms with E-state index in [1.807, 2.05) is 20.8 Å². The smallest absolute Gasteiger partial charge is 0.374 e. The average Bonchev–Trinajstić information content (AvgIpc) is 2.74. The monoisotopic (exact) mass is 478 g/mol. The van der Waals surface area contributed by atoms with Gasteiger partial charge in [0.15, 0.2) is 5.75 Å². The lowest BCUT2D eigenvalue weighted by Crippen LogP contribution is -2.28. The Kier molecular flexibility index (Phi) is 8.86. The minimum Gasteiger partial charge on any atom is -0.374 e. The lowest BCUT2D eigenvalue weighted by molar-refractivity contribution is -0.0500. The molecule has 0 aliphatic heterocycles. The first-order valence-corrected chi connectivity index (χ1v) is 12.4. The maximum Gasteiger partial charge on any atom is 0.534 e. The molecule has 0 aliphatic carbocycles. The van der Waals surface area contributed by atoms with Gasteiger partial charge in [0.05, 0.1) is 5.56 Å². The fraction of sp³-hybridized carbons (Fsp3) is 0.462. The number of halogens is 3. The van der Waals surface area contributed by atoms with Gasteiger partial charge in [0, 0.05) is 24.0 Å². The van der Waals surface area contributed by atoms with E-state index in [0.717, 1.165) is 54.2 Å². The van der Waals surface area contributed by atoms with E-state index in [0.29, 0.717) is 11.8 Å². The van der Waals surface area contributed by atoms with Crippen LogP contribution in [0.3, 0.4) is 0 Å². The van der Waals surface area contributed by atoms with Crippen molar-refractivity contribution in [2.45, 2.75) is 78.7 Å². The van der Waals surface area contributed by atoms with E-state index in [2.05, 4.69) is 34.8 Å². The fourth-order valence-corrected chi connectivity index (χ4v) is 3.83. The van der Waals surface area contributed by atoms with E-state index in [1.165, 1.54) is 0 Å². The number of hydrogen-bond donors (Lipinski definition) is 0. The van der Waals surface area contributed by atoms with Crippen LogP contribution in [0.1, 0.15) is 80.2 Å². The van der Waals surface area contributed by atoms with Crippen molar-refractivity contribution in [3.05, 3.63) is 39.9 Å². The van der Waals surface area contributed by atoms with Crippen molar-refractivity contribution in [1.82, 2.24) is 0 Å². The molecule has 0 N–H and O–H groups in total. The highest BCUT2D eigenvalue weighted by Crippen LogP contribution is 2.38. The number of unbranched alkanes of at least 4 members (excludes halogenated alkanes) is 4. The van der Waals surface area contributed by atoms with Gasteiger partial charge in [-0.25, -0.2) is 0 Å². The Morgan fingerprint density at radius 2 is 1.30 bits per heavy atom. The van der Waals surface area contributed by atoms with Gasteiger partial charge in [-0.3, -0.25) is 0 Å². The van der Waals surface area contributed by atoms with Crippen molar-refractivity contribution < 1.29 is 25.8 Å². The number of fused-ring (bicyclic) bond motifs is 1. The molecule has 0 unspecified atom stereocenters. The van der Waals surface area contributed by atoms with Crippen LogP contribution in [0.15, 0.2) is 12.1 Å². The van der Waals surface area contributed by atoms with E-state index < -0.39 is 21.4 Å². The summed E-state index contributed by atoms with van der Waals surface area (Å²) in [5.41, 5.74) is -2.51. The van der Waals surface area contributed by atoms with Crippen LogP contribution < -0.4 is 4.18 Å². The molecule has 33 heavy (non-hydrogen) atoms. The van der Waals surface area contributed by atoms with E-state index >= 15 is 0 Å². The van der Waals surface area contributed by atoms with Crippen molar-refractivity contribution in [1.29, 1.82) is 0 Å². The van der Waals surface area contributed by atoms with Crippen molar-refractivity contribution in [3.63, 3.8) is 0 Å². The van der Waals surface area contributed by atoms with Crippen LogP contribution in [0, 0.1) is 44.5 Å². The lowest BCUT2D eigenvalue weighted by Gasteiger charge is -2.17. The largest absolute Gasteiger partial charge is 0.534 e. The van der Waals surface area contributed by atoms with E-state index in [4.69, 9.17) is 0 Å². The number of alkyl halides is 3. The molecule has 2 aromatic carbocycles. The van der Waals surface area contributed by atoms with Gasteiger partial charge in [-0.2, -0.15) is 21.6 Å². The number of rotatable bonds is 6. The third-order valence-corrected chi connectivity index (χ3v) is 6.41. The molecule has 0 spiro atoms. The van der Waals surface area contributed by atoms with E-state index in [9.17, 15) is 21.6 Å². The van der Waals surface area contributed by atoms with Crippen molar-refractivity contribution in [2.75, 3.05) is 0 Å². The van der Waals surface area contributed by atoms with Crippen LogP contribution in [0.5, 0.6) is 5.75 Å². The maximum absolute atomic E-state index is 13.1. The van der Waals surface area contributed by atoms with Gasteiger partial charge < -0.3 is 4.18 Å². The first kappa shape index (κ1) is 26.6. The summed E-state index contributed by atoms with van der Waals surface area (Å²) in [5, 5.41) is 1.37. The molecule has 0 aromatic heterocycles. The summed E-state index contributed by atoms with van der Waals surface area (Å²) in [6.45, 7) is 9.48. The molecule has 0 saturated heterocycles. The van der Waals surface area contributed by atoms with Gasteiger partial charge in [0.1, 0.15) is 0 Å². The summed E-state index contributed by atoms with van der Waals surface area (Å²) in [6.07, 6.45) is 5.04. The molecule has 2 rings (SSSR count). The second-order valence-electron chi connectivity index (χ2n) is 7.94. The number of aryl methyl sites for hydroxylation is 2. The summed E-state index contributed by atoms with van der Waals surface area (Å²) in [5.74, 6) is 11.6. The molecule has 0 atom stereocenters. The van der Waals surface area contributed by atoms with Crippen LogP contribution in [0.2, 0.25) is 0 Å². The first-order valence-electron chi connectivity index (χ1n) is 11.0. The van der Waals surface area contributed by atoms with Crippen molar-refractivity contribution in [3.8, 4) is 29.4 Å². The Morgan fingerprint density at radius 1 is 0.818 bits per heavy atom. The van der Waals surface area contributed by atoms with Gasteiger partial charge in [-0.05, 0) is 67.6 Å². The number of benzene rings is 2. The predicted octanol–water partition coefficient (Wildman–Crippen LogP) is 7.08. The molecule has 178 valence electrons. The van der Waals surface area contributed by atoms with Crippen LogP contribution in [-0.2, 0) is 10.1 Å². The summed E-state index contributed by atoms with van der Waals surface area (Å²) in [6, 6.07) is 3.40. The third-order valence-electron chi connectivity index (χ3n) is 5.46. The summed E-state index contributed by atoms with van der Waals surface area (Å²) >= 11 is 0. The molecule has 3 nitrogen and oxygen atoms in total. The van der Waals surface area contributed by atoms with Gasteiger partial charge in [0.2, 0.25) is 0 Å². The zero-order valence-electron chi connectivity index (χ0n) is 19.7. The van der Waals surface area contributed by atoms with Crippen molar-refractivity contribution in [2.24, 2.45) is 0 Å². The number of hydrogen-bond acceptors (Lipinski definition) is 3. The Bertz CT molecular complexity index is 1250. The zero-order valence-corrected chi connectivity index (χ0v) is 20.5. The molecule has 0 saturated carbocycles. The first-order chi connectivity index (χ1) is 15.4. The van der Waals surface area contributed by atoms with E-state index in [-0.39, 0.29) is 11.1 Å². The Labute approximate surface area is 194 Å². The summed E-state index contributed by atoms with van der Waals surface area (Å²) in [7, 11) is -5.84. The zero-order chi connectivity index (χ0) is 24.8. The van der Waals surface area contributed by atoms with Crippen LogP contribution in [0.25, 0.3) is 10.8 Å². The molecule has 7 heteroatoms. The maximum atomic E-state index is 13.1. The molecular formula is C26H29F3O3S. The minimum absolute atomic E-state index is 0.119. The molecule has 0 aliphatic rings. The predicted molar refractivity (Wildman–Crippen MR) is 127 cm³/mol. The second-order valence-corrected chi connectivity index (χ2v) is 9.48. The summed E-state index contributed by atoms with van der Waals surface area (Å²) < 4.78 is 67.4. The highest BCUT2D eigenvalue weighted by Gasteiger charge is 2.49. The Morgan fingerprint density at radius 3 is 1.82 bits per heavy atom. The molecular weight excluding hydrogens is 449 g/mol. The van der Waals surface area contributed by atoms with Gasteiger partial charge >= 0.3 is 15.6 Å². The highest BCUT2D eigenvalue weighted by atomic mass is 32.2. The lowest BCUT2D eigenvalue weighted by atomic mass is 9.91. The average molecular weight is 479 g/mol. The molecule has 0 amide bonds. The third kappa shape index (κ3) is 6.24. The summed E-state index contributed by atoms with van der Waals surface area (Å²) in [4.78, 5) is 0. The molecule has 0 bridgehead atoms. The normalized spacial score (nSPS) is 11.5. The standard InChI is InChI=1S/C26H29F3O3S/c1-6-8-10-12-14-21-16-24-20(5)25(32-33(30,31)26(27,28)29)22(15-13-11-9-7-2)17-23(24)19(4)18(21)3/h16-17H,6-11H2,1-5H3. The Balaban J connectivity index is 2.78.